The maximum absolute atomic E-state index is 12.8. The Morgan fingerprint density at radius 1 is 1.08 bits per heavy atom. The van der Waals surface area contributed by atoms with Crippen LogP contribution in [0.1, 0.15) is 51.3 Å². The van der Waals surface area contributed by atoms with E-state index in [9.17, 15) is 9.59 Å². The van der Waals surface area contributed by atoms with Gasteiger partial charge in [0.2, 0.25) is 0 Å². The second kappa shape index (κ2) is 7.90. The molecule has 0 saturated heterocycles. The summed E-state index contributed by atoms with van der Waals surface area (Å²) in [4.78, 5) is 25.6. The van der Waals surface area contributed by atoms with Crippen LogP contribution in [0.4, 0.5) is 0 Å². The third kappa shape index (κ3) is 4.63. The van der Waals surface area contributed by atoms with E-state index in [-0.39, 0.29) is 16.9 Å². The van der Waals surface area contributed by atoms with Crippen LogP contribution in [0.25, 0.3) is 11.3 Å². The molecule has 1 unspecified atom stereocenters. The molecule has 0 radical (unpaired) electrons. The van der Waals surface area contributed by atoms with Gasteiger partial charge in [-0.2, -0.15) is 0 Å². The van der Waals surface area contributed by atoms with E-state index in [4.69, 9.17) is 4.74 Å². The second-order valence-electron chi connectivity index (χ2n) is 7.97. The summed E-state index contributed by atoms with van der Waals surface area (Å²) in [5.74, 6) is -0.358. The van der Waals surface area contributed by atoms with Crippen LogP contribution in [0, 0.1) is 19.3 Å². The van der Waals surface area contributed by atoms with Crippen molar-refractivity contribution >= 4 is 5.97 Å². The van der Waals surface area contributed by atoms with Gasteiger partial charge in [-0.05, 0) is 43.7 Å². The number of benzene rings is 1. The number of carbonyl (C=O) groups excluding carboxylic acids is 1. The molecule has 4 nitrogen and oxygen atoms in total. The lowest BCUT2D eigenvalue weighted by molar-refractivity contribution is -0.148. The first kappa shape index (κ1) is 20.0. The molecule has 2 aromatic rings. The van der Waals surface area contributed by atoms with E-state index in [0.29, 0.717) is 13.0 Å². The number of hydrogen-bond acceptors (Lipinski definition) is 3. The third-order valence-electron chi connectivity index (χ3n) is 4.33. The summed E-state index contributed by atoms with van der Waals surface area (Å²) in [6.45, 7) is 12.2. The predicted octanol–water partition coefficient (Wildman–Crippen LogP) is 4.67. The van der Waals surface area contributed by atoms with Crippen LogP contribution in [-0.2, 0) is 9.53 Å². The van der Waals surface area contributed by atoms with Crippen molar-refractivity contribution in [3.8, 4) is 11.3 Å². The van der Waals surface area contributed by atoms with Crippen molar-refractivity contribution in [2.24, 2.45) is 5.41 Å². The fourth-order valence-corrected chi connectivity index (χ4v) is 3.14. The summed E-state index contributed by atoms with van der Waals surface area (Å²) in [7, 11) is 0. The summed E-state index contributed by atoms with van der Waals surface area (Å²) < 4.78 is 6.92. The maximum Gasteiger partial charge on any atom is 0.329 e. The summed E-state index contributed by atoms with van der Waals surface area (Å²) >= 11 is 0. The van der Waals surface area contributed by atoms with Crippen LogP contribution in [0.5, 0.6) is 0 Å². The van der Waals surface area contributed by atoms with Crippen molar-refractivity contribution in [2.75, 3.05) is 6.61 Å². The van der Waals surface area contributed by atoms with Gasteiger partial charge >= 0.3 is 5.97 Å². The number of esters is 1. The van der Waals surface area contributed by atoms with E-state index in [2.05, 4.69) is 20.8 Å². The standard InChI is InChI=1S/C22H29NO3/c1-7-26-21(25)18(14-22(4,5)6)23-19(24)13-10-16(3)20(23)17-11-8-15(2)9-12-17/h8-13,18H,7,14H2,1-6H3. The molecular formula is C22H29NO3. The Labute approximate surface area is 155 Å². The smallest absolute Gasteiger partial charge is 0.329 e. The molecule has 140 valence electrons. The minimum atomic E-state index is -0.654. The molecule has 0 amide bonds. The van der Waals surface area contributed by atoms with Gasteiger partial charge in [-0.3, -0.25) is 9.36 Å². The minimum Gasteiger partial charge on any atom is -0.464 e. The molecule has 1 atom stereocenters. The van der Waals surface area contributed by atoms with Gasteiger partial charge < -0.3 is 4.74 Å². The third-order valence-corrected chi connectivity index (χ3v) is 4.33. The number of pyridine rings is 1. The van der Waals surface area contributed by atoms with Gasteiger partial charge in [0, 0.05) is 6.07 Å². The number of carbonyl (C=O) groups is 1. The van der Waals surface area contributed by atoms with Crippen molar-refractivity contribution in [3.63, 3.8) is 0 Å². The van der Waals surface area contributed by atoms with Gasteiger partial charge in [-0.25, -0.2) is 4.79 Å². The van der Waals surface area contributed by atoms with Crippen LogP contribution < -0.4 is 5.56 Å². The molecule has 0 aliphatic carbocycles. The van der Waals surface area contributed by atoms with Crippen LogP contribution in [-0.4, -0.2) is 17.1 Å². The van der Waals surface area contributed by atoms with Crippen LogP contribution in [0.15, 0.2) is 41.2 Å². The van der Waals surface area contributed by atoms with Crippen molar-refractivity contribution < 1.29 is 9.53 Å². The number of rotatable bonds is 5. The van der Waals surface area contributed by atoms with Crippen molar-refractivity contribution in [1.82, 2.24) is 4.57 Å². The Bertz CT molecular complexity index is 826. The van der Waals surface area contributed by atoms with Crippen molar-refractivity contribution in [2.45, 2.75) is 54.0 Å². The fraction of sp³-hybridized carbons (Fsp3) is 0.455. The minimum absolute atomic E-state index is 0.134. The number of ether oxygens (including phenoxy) is 1. The van der Waals surface area contributed by atoms with Crippen molar-refractivity contribution in [3.05, 3.63) is 57.9 Å². The van der Waals surface area contributed by atoms with E-state index in [1.165, 1.54) is 6.07 Å². The first-order chi connectivity index (χ1) is 12.1. The zero-order valence-electron chi connectivity index (χ0n) is 16.6. The summed E-state index contributed by atoms with van der Waals surface area (Å²) in [5, 5.41) is 0. The van der Waals surface area contributed by atoms with Gasteiger partial charge in [-0.1, -0.05) is 56.7 Å². The fourth-order valence-electron chi connectivity index (χ4n) is 3.14. The molecule has 2 rings (SSSR count). The lowest BCUT2D eigenvalue weighted by atomic mass is 9.87. The van der Waals surface area contributed by atoms with Crippen LogP contribution >= 0.6 is 0 Å². The second-order valence-corrected chi connectivity index (χ2v) is 7.97. The Kier molecular flexibility index (Phi) is 6.06. The molecule has 0 aliphatic rings. The van der Waals surface area contributed by atoms with Gasteiger partial charge in [0.15, 0.2) is 0 Å². The van der Waals surface area contributed by atoms with Crippen LogP contribution in [0.2, 0.25) is 0 Å². The molecule has 0 spiro atoms. The van der Waals surface area contributed by atoms with E-state index in [0.717, 1.165) is 22.4 Å². The first-order valence-corrected chi connectivity index (χ1v) is 9.10. The van der Waals surface area contributed by atoms with Crippen molar-refractivity contribution in [1.29, 1.82) is 0 Å². The highest BCUT2D eigenvalue weighted by atomic mass is 16.5. The van der Waals surface area contributed by atoms with E-state index >= 15 is 0 Å². The lowest BCUT2D eigenvalue weighted by Gasteiger charge is -2.28. The molecule has 26 heavy (non-hydrogen) atoms. The number of aryl methyl sites for hydroxylation is 2. The summed E-state index contributed by atoms with van der Waals surface area (Å²) in [6.07, 6.45) is 0.522. The molecule has 0 bridgehead atoms. The molecule has 0 aliphatic heterocycles. The van der Waals surface area contributed by atoms with E-state index < -0.39 is 6.04 Å². The molecule has 4 heteroatoms. The largest absolute Gasteiger partial charge is 0.464 e. The van der Waals surface area contributed by atoms with Gasteiger partial charge in [0.25, 0.3) is 5.56 Å². The molecule has 0 fully saturated rings. The first-order valence-electron chi connectivity index (χ1n) is 9.10. The summed E-state index contributed by atoms with van der Waals surface area (Å²) in [5.41, 5.74) is 3.48. The molecular weight excluding hydrogens is 326 g/mol. The Morgan fingerprint density at radius 2 is 1.69 bits per heavy atom. The normalized spacial score (nSPS) is 12.7. The zero-order chi connectivity index (χ0) is 19.5. The Balaban J connectivity index is 2.71. The SMILES string of the molecule is CCOC(=O)C(CC(C)(C)C)n1c(-c2ccc(C)cc2)c(C)ccc1=O. The highest BCUT2D eigenvalue weighted by Crippen LogP contribution is 2.32. The monoisotopic (exact) mass is 355 g/mol. The molecule has 0 saturated carbocycles. The van der Waals surface area contributed by atoms with Crippen LogP contribution in [0.3, 0.4) is 0 Å². The number of nitrogens with zero attached hydrogens (tertiary/aromatic N) is 1. The highest BCUT2D eigenvalue weighted by molar-refractivity contribution is 5.76. The zero-order valence-corrected chi connectivity index (χ0v) is 16.6. The van der Waals surface area contributed by atoms with E-state index in [1.54, 1.807) is 11.5 Å². The number of aromatic nitrogens is 1. The molecule has 0 N–H and O–H groups in total. The number of hydrogen-bond donors (Lipinski definition) is 0. The van der Waals surface area contributed by atoms with Gasteiger partial charge in [0.1, 0.15) is 6.04 Å². The quantitative estimate of drug-likeness (QED) is 0.732. The Morgan fingerprint density at radius 3 is 2.23 bits per heavy atom. The average Bonchev–Trinajstić information content (AvgIpc) is 2.55. The molecule has 1 aromatic heterocycles. The van der Waals surface area contributed by atoms with Gasteiger partial charge in [0.05, 0.1) is 12.3 Å². The average molecular weight is 355 g/mol. The predicted molar refractivity (Wildman–Crippen MR) is 105 cm³/mol. The van der Waals surface area contributed by atoms with Gasteiger partial charge in [-0.15, -0.1) is 0 Å². The molecule has 1 heterocycles. The lowest BCUT2D eigenvalue weighted by Crippen LogP contribution is -2.34. The molecule has 1 aromatic carbocycles. The maximum atomic E-state index is 12.8. The Hall–Kier alpha value is -2.36. The van der Waals surface area contributed by atoms with E-state index in [1.807, 2.05) is 44.2 Å². The summed E-state index contributed by atoms with van der Waals surface area (Å²) in [6, 6.07) is 10.7. The topological polar surface area (TPSA) is 48.3 Å². The highest BCUT2D eigenvalue weighted by Gasteiger charge is 2.30.